The van der Waals surface area contributed by atoms with E-state index in [4.69, 9.17) is 21.5 Å². The van der Waals surface area contributed by atoms with Crippen molar-refractivity contribution in [2.24, 2.45) is 34.0 Å². The van der Waals surface area contributed by atoms with Crippen molar-refractivity contribution < 1.29 is 36.9 Å². The molecular weight excluding hydrogens is 1160 g/mol. The Bertz CT molecular complexity index is 3610. The zero-order valence-electron chi connectivity index (χ0n) is 47.5. The fraction of sp³-hybridized carbons (Fsp3) is 0.403. The van der Waals surface area contributed by atoms with Crippen LogP contribution in [0.15, 0.2) is 128 Å². The van der Waals surface area contributed by atoms with E-state index in [2.05, 4.69) is 46.3 Å². The van der Waals surface area contributed by atoms with E-state index in [1.807, 2.05) is 68.8 Å². The Morgan fingerprint density at radius 3 is 1.24 bits per heavy atom. The van der Waals surface area contributed by atoms with Crippen molar-refractivity contribution in [2.75, 3.05) is 5.73 Å². The highest BCUT2D eigenvalue weighted by molar-refractivity contribution is 8.26. The molecule has 8 aromatic rings. The molecule has 0 amide bonds. The van der Waals surface area contributed by atoms with E-state index in [9.17, 15) is 32.7 Å². The number of carbonyl (C=O) groups is 3. The molecule has 3 aromatic carbocycles. The first-order valence-corrected chi connectivity index (χ1v) is 32.3. The third kappa shape index (κ3) is 14.7. The summed E-state index contributed by atoms with van der Waals surface area (Å²) in [5.74, 6) is 0.963. The molecule has 0 saturated heterocycles. The molecule has 3 atom stereocenters. The van der Waals surface area contributed by atoms with E-state index in [0.29, 0.717) is 35.8 Å². The van der Waals surface area contributed by atoms with E-state index in [1.165, 1.54) is 29.3 Å². The van der Waals surface area contributed by atoms with Crippen LogP contribution in [0.25, 0.3) is 32.7 Å². The first-order valence-electron chi connectivity index (χ1n) is 29.2. The number of aliphatic carboxylic acids is 1. The van der Waals surface area contributed by atoms with Gasteiger partial charge in [-0.1, -0.05) is 12.1 Å². The minimum atomic E-state index is -1.67. The monoisotopic (exact) mass is 1230 g/mol. The molecular formula is C67H68Cl3F3N6O5S. The van der Waals surface area contributed by atoms with Crippen LogP contribution in [0.3, 0.4) is 0 Å². The van der Waals surface area contributed by atoms with Crippen LogP contribution < -0.4 is 5.73 Å². The molecule has 18 heteroatoms. The normalized spacial score (nSPS) is 26.0. The van der Waals surface area contributed by atoms with Gasteiger partial charge < -0.3 is 10.8 Å². The first kappa shape index (κ1) is 61.7. The van der Waals surface area contributed by atoms with Crippen LogP contribution in [-0.4, -0.2) is 51.2 Å². The Morgan fingerprint density at radius 1 is 0.541 bits per heavy atom. The number of aryl methyl sites for hydroxylation is 2. The van der Waals surface area contributed by atoms with Crippen LogP contribution in [0, 0.1) is 65.3 Å². The molecule has 0 aliphatic heterocycles. The van der Waals surface area contributed by atoms with Crippen molar-refractivity contribution in [1.82, 2.24) is 24.9 Å². The van der Waals surface area contributed by atoms with Gasteiger partial charge in [-0.25, -0.2) is 22.4 Å². The maximum absolute atomic E-state index is 13.8. The third-order valence-electron chi connectivity index (χ3n) is 19.3. The second kappa shape index (κ2) is 26.3. The van der Waals surface area contributed by atoms with Crippen LogP contribution in [0.5, 0.6) is 0 Å². The summed E-state index contributed by atoms with van der Waals surface area (Å²) >= 11 is 5.66. The molecule has 6 aliphatic carbocycles. The maximum atomic E-state index is 13.8. The summed E-state index contributed by atoms with van der Waals surface area (Å²) in [5, 5.41) is 11.8. The van der Waals surface area contributed by atoms with E-state index >= 15 is 0 Å². The highest BCUT2D eigenvalue weighted by Crippen LogP contribution is 2.66. The van der Waals surface area contributed by atoms with Gasteiger partial charge in [-0.05, 0) is 269 Å². The lowest BCUT2D eigenvalue weighted by molar-refractivity contribution is -0.139. The predicted molar refractivity (Wildman–Crippen MR) is 330 cm³/mol. The number of Topliss-reactive ketones (excluding diaryl/α,β-unsaturated/α-hetero) is 1. The number of aromatic nitrogens is 5. The Hall–Kier alpha value is -6.39. The summed E-state index contributed by atoms with van der Waals surface area (Å²) in [6.07, 6.45) is 24.6. The zero-order valence-corrected chi connectivity index (χ0v) is 50.6. The fourth-order valence-corrected chi connectivity index (χ4v) is 14.5. The lowest BCUT2D eigenvalue weighted by Crippen LogP contribution is -2.20. The lowest BCUT2D eigenvalue weighted by atomic mass is 9.74. The summed E-state index contributed by atoms with van der Waals surface area (Å²) in [6, 6.07) is 28.1. The predicted octanol–water partition coefficient (Wildman–Crippen LogP) is 16.5. The van der Waals surface area contributed by atoms with E-state index < -0.39 is 15.2 Å². The quantitative estimate of drug-likeness (QED) is 0.138. The van der Waals surface area contributed by atoms with E-state index in [1.54, 1.807) is 54.9 Å². The number of carbonyl (C=O) groups excluding carboxylic acids is 2. The van der Waals surface area contributed by atoms with Crippen molar-refractivity contribution in [3.63, 3.8) is 0 Å². The molecule has 6 saturated carbocycles. The number of carboxylic acid groups (broad SMARTS) is 1. The minimum Gasteiger partial charge on any atom is -0.481 e. The fourth-order valence-electron chi connectivity index (χ4n) is 14.2. The number of rotatable bonds is 8. The van der Waals surface area contributed by atoms with Gasteiger partial charge in [-0.2, -0.15) is 0 Å². The number of nitrogens with zero attached hydrogens (tertiary/aromatic N) is 5. The standard InChI is InChI=1S/C25H25FN2O.C18H17ClFNO.C18H18FNO2.C6H8N2.Cl2OS/c1-16-2-4-19(28-15-16)13-24(29)22-14-25(22)9-6-17(7-10-25)20-8-11-27-23-5-3-18(26)12-21(20)23;19-17(22)15-10-18(15)6-3-11(4-7-18)13-5-8-21-16-2-1-12(20)9-14(13)16;19-12-1-2-16-14(9-12)13(5-8-20-16)11-3-6-18(7-4-11)10-15(18)17(21)22;1-5-2-3-6(7)8-4-5;1-4(2)3/h2-5,8,11-12,15,17,22H,6-7,9-10,13-14H2,1H3;1-2,5,8-9,11,15H,3-4,6-7,10H2;1-2,5,8-9,11,15H,3-4,6-7,10H2,(H,21,22);2-4H,1H3,(H2,7,8);/t17?,22-,25?;2*11?,15-,18?;;/m111../s1. The van der Waals surface area contributed by atoms with E-state index in [-0.39, 0.29) is 56.7 Å². The molecule has 6 fully saturated rings. The Labute approximate surface area is 509 Å². The number of benzene rings is 3. The molecule has 0 bridgehead atoms. The Kier molecular flexibility index (Phi) is 19.1. The molecule has 11 nitrogen and oxygen atoms in total. The molecule has 3 N–H and O–H groups in total. The molecule has 0 unspecified atom stereocenters. The largest absolute Gasteiger partial charge is 0.481 e. The average molecular weight is 1230 g/mol. The highest BCUT2D eigenvalue weighted by Gasteiger charge is 2.60. The number of ketones is 1. The highest BCUT2D eigenvalue weighted by atomic mass is 36.0. The number of nitrogen functional groups attached to an aromatic ring is 1. The molecule has 85 heavy (non-hydrogen) atoms. The van der Waals surface area contributed by atoms with Crippen LogP contribution in [0.4, 0.5) is 19.0 Å². The van der Waals surface area contributed by atoms with Gasteiger partial charge in [0, 0.05) is 92.5 Å². The van der Waals surface area contributed by atoms with Crippen molar-refractivity contribution in [2.45, 2.75) is 134 Å². The molecule has 6 aliphatic rings. The van der Waals surface area contributed by atoms with Gasteiger partial charge in [-0.3, -0.25) is 34.3 Å². The van der Waals surface area contributed by atoms with Gasteiger partial charge in [-0.15, -0.1) is 0 Å². The summed E-state index contributed by atoms with van der Waals surface area (Å²) < 4.78 is 50.0. The molecule has 444 valence electrons. The topological polar surface area (TPSA) is 179 Å². The van der Waals surface area contributed by atoms with Crippen molar-refractivity contribution in [3.05, 3.63) is 179 Å². The van der Waals surface area contributed by atoms with Crippen molar-refractivity contribution >= 4 is 97.7 Å². The number of hydrogen-bond donors (Lipinski definition) is 2. The van der Waals surface area contributed by atoms with Crippen molar-refractivity contribution in [3.8, 4) is 0 Å². The molecule has 3 spiro atoms. The number of carboxylic acids is 1. The number of pyridine rings is 5. The number of halogens is 6. The molecule has 5 heterocycles. The minimum absolute atomic E-state index is 0.0520. The zero-order chi connectivity index (χ0) is 60.2. The van der Waals surface area contributed by atoms with Crippen LogP contribution in [0.2, 0.25) is 0 Å². The summed E-state index contributed by atoms with van der Waals surface area (Å²) in [6.45, 7) is 3.99. The smallest absolute Gasteiger partial charge is 0.307 e. The van der Waals surface area contributed by atoms with Gasteiger partial charge >= 0.3 is 5.97 Å². The van der Waals surface area contributed by atoms with Gasteiger partial charge in [0.1, 0.15) is 29.1 Å². The summed E-state index contributed by atoms with van der Waals surface area (Å²) in [7, 11) is 7.36. The third-order valence-corrected chi connectivity index (χ3v) is 19.5. The van der Waals surface area contributed by atoms with Crippen LogP contribution >= 0.6 is 33.0 Å². The van der Waals surface area contributed by atoms with Gasteiger partial charge in [0.2, 0.25) is 14.5 Å². The Morgan fingerprint density at radius 2 is 0.906 bits per heavy atom. The Balaban J connectivity index is 0.000000130. The van der Waals surface area contributed by atoms with E-state index in [0.717, 1.165) is 151 Å². The molecule has 0 radical (unpaired) electrons. The van der Waals surface area contributed by atoms with Gasteiger partial charge in [0.25, 0.3) is 0 Å². The molecule has 14 rings (SSSR count). The van der Waals surface area contributed by atoms with Gasteiger partial charge in [0.05, 0.1) is 22.5 Å². The summed E-state index contributed by atoms with van der Waals surface area (Å²) in [5.41, 5.74) is 15.0. The number of anilines is 1. The number of fused-ring (bicyclic) bond motifs is 3. The second-order valence-corrected chi connectivity index (χ2v) is 27.3. The first-order chi connectivity index (χ1) is 40.7. The number of hydrogen-bond acceptors (Lipinski definition) is 10. The van der Waals surface area contributed by atoms with Crippen molar-refractivity contribution in [1.29, 1.82) is 0 Å². The van der Waals surface area contributed by atoms with Gasteiger partial charge in [0.15, 0.2) is 0 Å². The SMILES string of the molecule is Cc1ccc(CC(=O)[C@H]2CC23CCC(c2ccnc4ccc(F)cc24)CC3)nc1.Cc1ccc(N)nc1.O=C(Cl)[C@H]1CC12CCC(c1ccnc3ccc(F)cc13)CC2.O=C(O)[C@H]1CC12CCC(c1ccnc3ccc(F)cc13)CC2.O=S(Cl)Cl. The maximum Gasteiger partial charge on any atom is 0.307 e. The number of nitrogens with two attached hydrogens (primary N) is 1. The summed E-state index contributed by atoms with van der Waals surface area (Å²) in [4.78, 5) is 56.6. The van der Waals surface area contributed by atoms with Crippen LogP contribution in [-0.2, 0) is 30.0 Å². The average Bonchev–Trinajstić information content (AvgIpc) is 2.16. The van der Waals surface area contributed by atoms with Crippen LogP contribution in [0.1, 0.15) is 148 Å². The lowest BCUT2D eigenvalue weighted by Gasteiger charge is -2.30. The second-order valence-electron chi connectivity index (χ2n) is 24.4. The molecule has 5 aromatic heterocycles.